The van der Waals surface area contributed by atoms with Gasteiger partial charge in [0.1, 0.15) is 5.75 Å². The van der Waals surface area contributed by atoms with Crippen LogP contribution in [0.3, 0.4) is 0 Å². The van der Waals surface area contributed by atoms with E-state index >= 15 is 0 Å². The zero-order chi connectivity index (χ0) is 10.9. The summed E-state index contributed by atoms with van der Waals surface area (Å²) in [5.74, 6) is 2.16. The fraction of sp³-hybridized carbons (Fsp3) is 0.500. The molecule has 0 amide bonds. The van der Waals surface area contributed by atoms with Gasteiger partial charge in [-0.25, -0.2) is 0 Å². The lowest BCUT2D eigenvalue weighted by atomic mass is 10.3. The number of rotatable bonds is 7. The number of methoxy groups -OCH3 is 1. The van der Waals surface area contributed by atoms with E-state index in [1.807, 2.05) is 30.0 Å². The molecule has 0 unspecified atom stereocenters. The van der Waals surface area contributed by atoms with Gasteiger partial charge in [-0.15, -0.1) is 0 Å². The number of nitrogens with one attached hydrogen (secondary N) is 1. The van der Waals surface area contributed by atoms with E-state index in [2.05, 4.69) is 17.6 Å². The Labute approximate surface area is 96.4 Å². The van der Waals surface area contributed by atoms with Crippen LogP contribution in [0.15, 0.2) is 24.3 Å². The van der Waals surface area contributed by atoms with Crippen LogP contribution in [0.1, 0.15) is 12.8 Å². The minimum Gasteiger partial charge on any atom is -0.497 e. The third kappa shape index (κ3) is 4.98. The van der Waals surface area contributed by atoms with E-state index in [1.54, 1.807) is 7.11 Å². The molecule has 0 heterocycles. The maximum Gasteiger partial charge on any atom is 0.120 e. The van der Waals surface area contributed by atoms with Crippen LogP contribution in [0.5, 0.6) is 5.75 Å². The Morgan fingerprint density at radius 3 is 2.93 bits per heavy atom. The molecule has 84 valence electrons. The molecule has 1 N–H and O–H groups in total. The molecule has 0 fully saturated rings. The molecule has 2 nitrogen and oxygen atoms in total. The lowest BCUT2D eigenvalue weighted by molar-refractivity contribution is 0.415. The van der Waals surface area contributed by atoms with Crippen LogP contribution in [0.2, 0.25) is 0 Å². The fourth-order valence-corrected chi connectivity index (χ4v) is 1.83. The summed E-state index contributed by atoms with van der Waals surface area (Å²) >= 11 is 1.91. The molecule has 3 heteroatoms. The van der Waals surface area contributed by atoms with Gasteiger partial charge in [0, 0.05) is 18.3 Å². The van der Waals surface area contributed by atoms with Crippen molar-refractivity contribution in [2.45, 2.75) is 12.8 Å². The van der Waals surface area contributed by atoms with Crippen LogP contribution in [0.4, 0.5) is 5.69 Å². The number of unbranched alkanes of at least 4 members (excludes halogenated alkanes) is 1. The van der Waals surface area contributed by atoms with E-state index in [4.69, 9.17) is 4.74 Å². The van der Waals surface area contributed by atoms with Gasteiger partial charge < -0.3 is 10.1 Å². The van der Waals surface area contributed by atoms with Crippen molar-refractivity contribution in [3.63, 3.8) is 0 Å². The van der Waals surface area contributed by atoms with Crippen molar-refractivity contribution in [1.82, 2.24) is 0 Å². The van der Waals surface area contributed by atoms with Crippen LogP contribution in [0, 0.1) is 0 Å². The summed E-state index contributed by atoms with van der Waals surface area (Å²) in [6, 6.07) is 8.05. The standard InChI is InChI=1S/C12H19NOS/c1-14-12-7-5-6-11(10-12)13-8-3-4-9-15-2/h5-7,10,13H,3-4,8-9H2,1-2H3. The third-order valence-electron chi connectivity index (χ3n) is 2.17. The normalized spacial score (nSPS) is 10.0. The molecular formula is C12H19NOS. The molecule has 0 atom stereocenters. The molecule has 0 saturated heterocycles. The predicted molar refractivity (Wildman–Crippen MR) is 69.1 cm³/mol. The van der Waals surface area contributed by atoms with Crippen LogP contribution in [-0.4, -0.2) is 25.7 Å². The van der Waals surface area contributed by atoms with Gasteiger partial charge in [0.25, 0.3) is 0 Å². The lowest BCUT2D eigenvalue weighted by Crippen LogP contribution is -2.01. The minimum absolute atomic E-state index is 0.907. The summed E-state index contributed by atoms with van der Waals surface area (Å²) in [7, 11) is 1.69. The van der Waals surface area contributed by atoms with E-state index in [1.165, 1.54) is 18.6 Å². The Morgan fingerprint density at radius 2 is 2.20 bits per heavy atom. The summed E-state index contributed by atoms with van der Waals surface area (Å²) in [6.07, 6.45) is 4.64. The summed E-state index contributed by atoms with van der Waals surface area (Å²) < 4.78 is 5.16. The maximum atomic E-state index is 5.16. The summed E-state index contributed by atoms with van der Waals surface area (Å²) in [4.78, 5) is 0. The monoisotopic (exact) mass is 225 g/mol. The van der Waals surface area contributed by atoms with E-state index < -0.39 is 0 Å². The second kappa shape index (κ2) is 7.46. The predicted octanol–water partition coefficient (Wildman–Crippen LogP) is 3.25. The van der Waals surface area contributed by atoms with Crippen molar-refractivity contribution in [2.24, 2.45) is 0 Å². The number of thioether (sulfide) groups is 1. The molecule has 0 bridgehead atoms. The number of anilines is 1. The molecule has 0 aliphatic heterocycles. The van der Waals surface area contributed by atoms with Crippen molar-refractivity contribution < 1.29 is 4.74 Å². The van der Waals surface area contributed by atoms with Gasteiger partial charge in [0.15, 0.2) is 0 Å². The van der Waals surface area contributed by atoms with Crippen molar-refractivity contribution in [3.05, 3.63) is 24.3 Å². The molecule has 1 aromatic rings. The number of ether oxygens (including phenoxy) is 1. The topological polar surface area (TPSA) is 21.3 Å². The van der Waals surface area contributed by atoms with Crippen LogP contribution >= 0.6 is 11.8 Å². The summed E-state index contributed by atoms with van der Waals surface area (Å²) in [5.41, 5.74) is 1.14. The third-order valence-corrected chi connectivity index (χ3v) is 2.87. The number of hydrogen-bond acceptors (Lipinski definition) is 3. The highest BCUT2D eigenvalue weighted by Gasteiger charge is 1.94. The first-order valence-electron chi connectivity index (χ1n) is 5.23. The molecule has 1 aromatic carbocycles. The largest absolute Gasteiger partial charge is 0.497 e. The zero-order valence-electron chi connectivity index (χ0n) is 9.45. The van der Waals surface area contributed by atoms with E-state index in [0.29, 0.717) is 0 Å². The first-order valence-corrected chi connectivity index (χ1v) is 6.63. The van der Waals surface area contributed by atoms with Gasteiger partial charge >= 0.3 is 0 Å². The highest BCUT2D eigenvalue weighted by molar-refractivity contribution is 7.98. The van der Waals surface area contributed by atoms with Crippen LogP contribution in [0.25, 0.3) is 0 Å². The zero-order valence-corrected chi connectivity index (χ0v) is 10.3. The molecular weight excluding hydrogens is 206 g/mol. The van der Waals surface area contributed by atoms with Crippen molar-refractivity contribution in [2.75, 3.05) is 31.0 Å². The Kier molecular flexibility index (Phi) is 6.09. The van der Waals surface area contributed by atoms with Gasteiger partial charge in [-0.2, -0.15) is 11.8 Å². The minimum atomic E-state index is 0.907. The average molecular weight is 225 g/mol. The Bertz CT molecular complexity index is 278. The molecule has 15 heavy (non-hydrogen) atoms. The van der Waals surface area contributed by atoms with E-state index in [9.17, 15) is 0 Å². The molecule has 1 rings (SSSR count). The molecule has 0 saturated carbocycles. The Hall–Kier alpha value is -0.830. The van der Waals surface area contributed by atoms with Crippen LogP contribution < -0.4 is 10.1 Å². The maximum absolute atomic E-state index is 5.16. The average Bonchev–Trinajstić information content (AvgIpc) is 2.29. The van der Waals surface area contributed by atoms with E-state index in [0.717, 1.165) is 18.0 Å². The Balaban J connectivity index is 2.24. The van der Waals surface area contributed by atoms with Crippen molar-refractivity contribution >= 4 is 17.4 Å². The fourth-order valence-electron chi connectivity index (χ4n) is 1.34. The highest BCUT2D eigenvalue weighted by Crippen LogP contribution is 2.16. The van der Waals surface area contributed by atoms with E-state index in [-0.39, 0.29) is 0 Å². The highest BCUT2D eigenvalue weighted by atomic mass is 32.2. The molecule has 0 aliphatic rings. The number of benzene rings is 1. The van der Waals surface area contributed by atoms with Gasteiger partial charge in [-0.1, -0.05) is 6.07 Å². The molecule has 0 aliphatic carbocycles. The summed E-state index contributed by atoms with van der Waals surface area (Å²) in [5, 5.41) is 3.39. The first kappa shape index (κ1) is 12.2. The van der Waals surface area contributed by atoms with Crippen molar-refractivity contribution in [3.8, 4) is 5.75 Å². The second-order valence-corrected chi connectivity index (χ2v) is 4.34. The molecule has 0 aromatic heterocycles. The number of hydrogen-bond donors (Lipinski definition) is 1. The SMILES string of the molecule is COc1cccc(NCCCCSC)c1. The lowest BCUT2D eigenvalue weighted by Gasteiger charge is -2.07. The van der Waals surface area contributed by atoms with Gasteiger partial charge in [-0.05, 0) is 37.0 Å². The second-order valence-electron chi connectivity index (χ2n) is 3.36. The molecule has 0 radical (unpaired) electrons. The first-order chi connectivity index (χ1) is 7.36. The summed E-state index contributed by atoms with van der Waals surface area (Å²) in [6.45, 7) is 1.04. The van der Waals surface area contributed by atoms with Crippen molar-refractivity contribution in [1.29, 1.82) is 0 Å². The smallest absolute Gasteiger partial charge is 0.120 e. The van der Waals surface area contributed by atoms with Crippen LogP contribution in [-0.2, 0) is 0 Å². The van der Waals surface area contributed by atoms with Gasteiger partial charge in [0.2, 0.25) is 0 Å². The van der Waals surface area contributed by atoms with Gasteiger partial charge in [0.05, 0.1) is 7.11 Å². The molecule has 0 spiro atoms. The Morgan fingerprint density at radius 1 is 1.33 bits per heavy atom. The van der Waals surface area contributed by atoms with Gasteiger partial charge in [-0.3, -0.25) is 0 Å². The quantitative estimate of drug-likeness (QED) is 0.720.